The molecule has 0 radical (unpaired) electrons. The van der Waals surface area contributed by atoms with E-state index in [1.807, 2.05) is 6.07 Å². The summed E-state index contributed by atoms with van der Waals surface area (Å²) in [5.74, 6) is 0. The molecule has 1 atom stereocenters. The van der Waals surface area contributed by atoms with E-state index >= 15 is 0 Å². The van der Waals surface area contributed by atoms with Crippen LogP contribution in [0.3, 0.4) is 0 Å². The van der Waals surface area contributed by atoms with Crippen LogP contribution in [0.4, 0.5) is 11.4 Å². The van der Waals surface area contributed by atoms with E-state index in [4.69, 9.17) is 11.6 Å². The van der Waals surface area contributed by atoms with Crippen LogP contribution < -0.4 is 10.2 Å². The van der Waals surface area contributed by atoms with E-state index in [0.29, 0.717) is 6.04 Å². The van der Waals surface area contributed by atoms with Gasteiger partial charge in [-0.05, 0) is 49.2 Å². The Morgan fingerprint density at radius 3 is 2.81 bits per heavy atom. The minimum atomic E-state index is 0.459. The highest BCUT2D eigenvalue weighted by Crippen LogP contribution is 2.40. The molecule has 2 aromatic rings. The molecule has 0 aromatic heterocycles. The van der Waals surface area contributed by atoms with E-state index in [0.717, 1.165) is 24.5 Å². The molecule has 1 aliphatic rings. The summed E-state index contributed by atoms with van der Waals surface area (Å²) >= 11 is 6.26. The number of benzene rings is 2. The Kier molecular flexibility index (Phi) is 4.18. The summed E-state index contributed by atoms with van der Waals surface area (Å²) < 4.78 is 0. The number of anilines is 2. The van der Waals surface area contributed by atoms with Crippen molar-refractivity contribution in [3.63, 3.8) is 0 Å². The van der Waals surface area contributed by atoms with Crippen LogP contribution in [0, 0.1) is 0 Å². The lowest BCUT2D eigenvalue weighted by Crippen LogP contribution is -2.26. The fraction of sp³-hybridized carbons (Fsp3) is 0.333. The third-order valence-electron chi connectivity index (χ3n) is 4.08. The molecule has 21 heavy (non-hydrogen) atoms. The van der Waals surface area contributed by atoms with Gasteiger partial charge in [-0.3, -0.25) is 0 Å². The van der Waals surface area contributed by atoms with Gasteiger partial charge in [0.25, 0.3) is 0 Å². The molecule has 0 saturated heterocycles. The predicted molar refractivity (Wildman–Crippen MR) is 90.6 cm³/mol. The van der Waals surface area contributed by atoms with E-state index < -0.39 is 0 Å². The first kappa shape index (κ1) is 14.4. The molecule has 1 aliphatic heterocycles. The first-order valence-corrected chi connectivity index (χ1v) is 7.94. The summed E-state index contributed by atoms with van der Waals surface area (Å²) in [5.41, 5.74) is 5.25. The second-order valence-corrected chi connectivity index (χ2v) is 6.04. The Labute approximate surface area is 131 Å². The van der Waals surface area contributed by atoms with Gasteiger partial charge in [-0.1, -0.05) is 42.8 Å². The minimum Gasteiger partial charge on any atom is -0.338 e. The molecule has 0 amide bonds. The molecule has 3 heteroatoms. The lowest BCUT2D eigenvalue weighted by atomic mass is 10.1. The first-order chi connectivity index (χ1) is 10.2. The quantitative estimate of drug-likeness (QED) is 0.892. The van der Waals surface area contributed by atoms with Crippen LogP contribution in [0.15, 0.2) is 42.5 Å². The van der Waals surface area contributed by atoms with E-state index in [9.17, 15) is 0 Å². The number of para-hydroxylation sites is 1. The standard InChI is InChI=1S/C18H21ClN2/c1-3-20-12-15-8-9-16(19)11-18(15)21-13(2)10-14-6-4-5-7-17(14)21/h4-9,11,13,20H,3,10,12H2,1-2H3. The zero-order valence-corrected chi connectivity index (χ0v) is 13.3. The molecule has 0 spiro atoms. The van der Waals surface area contributed by atoms with Crippen LogP contribution in [0.2, 0.25) is 5.02 Å². The van der Waals surface area contributed by atoms with Gasteiger partial charge in [0.15, 0.2) is 0 Å². The molecule has 110 valence electrons. The first-order valence-electron chi connectivity index (χ1n) is 7.57. The molecule has 1 N–H and O–H groups in total. The summed E-state index contributed by atoms with van der Waals surface area (Å²) in [5, 5.41) is 4.21. The van der Waals surface area contributed by atoms with Gasteiger partial charge < -0.3 is 10.2 Å². The minimum absolute atomic E-state index is 0.459. The zero-order chi connectivity index (χ0) is 14.8. The smallest absolute Gasteiger partial charge is 0.0474 e. The molecule has 0 bridgehead atoms. The maximum absolute atomic E-state index is 6.26. The maximum atomic E-state index is 6.26. The maximum Gasteiger partial charge on any atom is 0.0474 e. The second kappa shape index (κ2) is 6.08. The van der Waals surface area contributed by atoms with Gasteiger partial charge in [0.05, 0.1) is 0 Å². The molecule has 1 heterocycles. The fourth-order valence-corrected chi connectivity index (χ4v) is 3.27. The van der Waals surface area contributed by atoms with E-state index in [2.05, 4.69) is 60.5 Å². The molecule has 0 aliphatic carbocycles. The Balaban J connectivity index is 2.05. The normalized spacial score (nSPS) is 17.1. The van der Waals surface area contributed by atoms with Gasteiger partial charge in [0.2, 0.25) is 0 Å². The van der Waals surface area contributed by atoms with Gasteiger partial charge in [0, 0.05) is 29.0 Å². The highest BCUT2D eigenvalue weighted by atomic mass is 35.5. The number of hydrogen-bond donors (Lipinski definition) is 1. The number of rotatable bonds is 4. The second-order valence-electron chi connectivity index (χ2n) is 5.61. The molecule has 0 saturated carbocycles. The summed E-state index contributed by atoms with van der Waals surface area (Å²) in [6, 6.07) is 15.3. The largest absolute Gasteiger partial charge is 0.338 e. The van der Waals surface area contributed by atoms with Crippen LogP contribution >= 0.6 is 11.6 Å². The molecule has 3 rings (SSSR count). The molecular formula is C18H21ClN2. The van der Waals surface area contributed by atoms with Crippen LogP contribution in [-0.4, -0.2) is 12.6 Å². The van der Waals surface area contributed by atoms with Crippen LogP contribution in [-0.2, 0) is 13.0 Å². The average molecular weight is 301 g/mol. The Bertz CT molecular complexity index is 639. The number of halogens is 1. The fourth-order valence-electron chi connectivity index (χ4n) is 3.10. The molecule has 0 fully saturated rings. The lowest BCUT2D eigenvalue weighted by Gasteiger charge is -2.28. The SMILES string of the molecule is CCNCc1ccc(Cl)cc1N1c2ccccc2CC1C. The van der Waals surface area contributed by atoms with E-state index in [1.165, 1.54) is 22.5 Å². The Morgan fingerprint density at radius 1 is 1.19 bits per heavy atom. The van der Waals surface area contributed by atoms with E-state index in [1.54, 1.807) is 0 Å². The molecular weight excluding hydrogens is 280 g/mol. The number of hydrogen-bond acceptors (Lipinski definition) is 2. The van der Waals surface area contributed by atoms with Crippen LogP contribution in [0.25, 0.3) is 0 Å². The van der Waals surface area contributed by atoms with Crippen molar-refractivity contribution in [2.75, 3.05) is 11.4 Å². The van der Waals surface area contributed by atoms with Gasteiger partial charge >= 0.3 is 0 Å². The van der Waals surface area contributed by atoms with Crippen molar-refractivity contribution in [3.05, 3.63) is 58.6 Å². The van der Waals surface area contributed by atoms with Crippen molar-refractivity contribution < 1.29 is 0 Å². The monoisotopic (exact) mass is 300 g/mol. The van der Waals surface area contributed by atoms with Gasteiger partial charge in [0.1, 0.15) is 0 Å². The van der Waals surface area contributed by atoms with Crippen molar-refractivity contribution in [3.8, 4) is 0 Å². The number of fused-ring (bicyclic) bond motifs is 1. The average Bonchev–Trinajstić information content (AvgIpc) is 2.81. The highest BCUT2D eigenvalue weighted by molar-refractivity contribution is 6.30. The summed E-state index contributed by atoms with van der Waals surface area (Å²) in [6.45, 7) is 6.24. The summed E-state index contributed by atoms with van der Waals surface area (Å²) in [7, 11) is 0. The topological polar surface area (TPSA) is 15.3 Å². The van der Waals surface area contributed by atoms with E-state index in [-0.39, 0.29) is 0 Å². The molecule has 2 aromatic carbocycles. The third kappa shape index (κ3) is 2.78. The lowest BCUT2D eigenvalue weighted by molar-refractivity contribution is 0.714. The van der Waals surface area contributed by atoms with Crippen molar-refractivity contribution in [2.45, 2.75) is 32.9 Å². The Hall–Kier alpha value is -1.51. The van der Waals surface area contributed by atoms with Crippen molar-refractivity contribution in [1.29, 1.82) is 0 Å². The van der Waals surface area contributed by atoms with Crippen molar-refractivity contribution >= 4 is 23.0 Å². The van der Waals surface area contributed by atoms with Crippen LogP contribution in [0.1, 0.15) is 25.0 Å². The van der Waals surface area contributed by atoms with Crippen molar-refractivity contribution in [1.82, 2.24) is 5.32 Å². The highest BCUT2D eigenvalue weighted by Gasteiger charge is 2.28. The van der Waals surface area contributed by atoms with Crippen molar-refractivity contribution in [2.24, 2.45) is 0 Å². The molecule has 1 unspecified atom stereocenters. The van der Waals surface area contributed by atoms with Gasteiger partial charge in [-0.15, -0.1) is 0 Å². The summed E-state index contributed by atoms with van der Waals surface area (Å²) in [6.07, 6.45) is 1.09. The van der Waals surface area contributed by atoms with Gasteiger partial charge in [-0.2, -0.15) is 0 Å². The zero-order valence-electron chi connectivity index (χ0n) is 12.6. The summed E-state index contributed by atoms with van der Waals surface area (Å²) in [4.78, 5) is 2.42. The van der Waals surface area contributed by atoms with Gasteiger partial charge in [-0.25, -0.2) is 0 Å². The third-order valence-corrected chi connectivity index (χ3v) is 4.31. The predicted octanol–water partition coefficient (Wildman–Crippen LogP) is 4.53. The number of nitrogens with one attached hydrogen (secondary N) is 1. The number of nitrogens with zero attached hydrogens (tertiary/aromatic N) is 1. The molecule has 2 nitrogen and oxygen atoms in total. The Morgan fingerprint density at radius 2 is 2.00 bits per heavy atom. The van der Waals surface area contributed by atoms with Crippen LogP contribution in [0.5, 0.6) is 0 Å².